The Morgan fingerprint density at radius 2 is 2.33 bits per heavy atom. The van der Waals surface area contributed by atoms with Crippen LogP contribution in [0.3, 0.4) is 0 Å². The maximum atomic E-state index is 12.6. The highest BCUT2D eigenvalue weighted by molar-refractivity contribution is 5.16. The quantitative estimate of drug-likeness (QED) is 0.693. The SMILES string of the molecule is COC(O)Cc1cccc(F)c1. The zero-order valence-corrected chi connectivity index (χ0v) is 6.83. The van der Waals surface area contributed by atoms with Crippen molar-refractivity contribution in [1.82, 2.24) is 0 Å². The maximum Gasteiger partial charge on any atom is 0.158 e. The zero-order chi connectivity index (χ0) is 8.97. The third-order valence-corrected chi connectivity index (χ3v) is 1.57. The van der Waals surface area contributed by atoms with E-state index in [4.69, 9.17) is 5.11 Å². The van der Waals surface area contributed by atoms with Crippen LogP contribution in [0.1, 0.15) is 5.56 Å². The molecule has 0 bridgehead atoms. The van der Waals surface area contributed by atoms with Crippen LogP contribution in [0.25, 0.3) is 0 Å². The van der Waals surface area contributed by atoms with Crippen molar-refractivity contribution in [2.24, 2.45) is 0 Å². The molecular formula is C9H11FO2. The monoisotopic (exact) mass is 170 g/mol. The summed E-state index contributed by atoms with van der Waals surface area (Å²) in [5.41, 5.74) is 0.726. The Bertz CT molecular complexity index is 250. The van der Waals surface area contributed by atoms with Crippen molar-refractivity contribution in [1.29, 1.82) is 0 Å². The highest BCUT2D eigenvalue weighted by Gasteiger charge is 2.03. The lowest BCUT2D eigenvalue weighted by Gasteiger charge is -2.07. The van der Waals surface area contributed by atoms with E-state index in [2.05, 4.69) is 4.74 Å². The van der Waals surface area contributed by atoms with Gasteiger partial charge in [-0.2, -0.15) is 0 Å². The fourth-order valence-corrected chi connectivity index (χ4v) is 0.949. The minimum Gasteiger partial charge on any atom is -0.368 e. The number of halogens is 1. The zero-order valence-electron chi connectivity index (χ0n) is 6.83. The Labute approximate surface area is 70.6 Å². The van der Waals surface area contributed by atoms with Gasteiger partial charge in [0, 0.05) is 13.5 Å². The van der Waals surface area contributed by atoms with Gasteiger partial charge in [0.2, 0.25) is 0 Å². The van der Waals surface area contributed by atoms with Crippen LogP contribution < -0.4 is 0 Å². The smallest absolute Gasteiger partial charge is 0.158 e. The van der Waals surface area contributed by atoms with E-state index in [1.807, 2.05) is 0 Å². The molecule has 1 atom stereocenters. The van der Waals surface area contributed by atoms with Crippen molar-refractivity contribution in [3.63, 3.8) is 0 Å². The molecule has 0 aliphatic rings. The van der Waals surface area contributed by atoms with Gasteiger partial charge >= 0.3 is 0 Å². The Hall–Kier alpha value is -0.930. The molecule has 3 heteroatoms. The summed E-state index contributed by atoms with van der Waals surface area (Å²) in [6, 6.07) is 6.09. The van der Waals surface area contributed by atoms with Crippen LogP contribution in [0, 0.1) is 5.82 Å². The van der Waals surface area contributed by atoms with E-state index in [0.29, 0.717) is 6.42 Å². The van der Waals surface area contributed by atoms with E-state index in [1.54, 1.807) is 12.1 Å². The van der Waals surface area contributed by atoms with E-state index in [0.717, 1.165) is 5.56 Å². The fraction of sp³-hybridized carbons (Fsp3) is 0.333. The average molecular weight is 170 g/mol. The molecule has 1 aromatic carbocycles. The predicted octanol–water partition coefficient (Wildman–Crippen LogP) is 1.33. The number of ether oxygens (including phenoxy) is 1. The summed E-state index contributed by atoms with van der Waals surface area (Å²) in [5.74, 6) is -0.296. The molecule has 0 fully saturated rings. The van der Waals surface area contributed by atoms with Crippen LogP contribution in [-0.2, 0) is 11.2 Å². The fourth-order valence-electron chi connectivity index (χ4n) is 0.949. The molecule has 0 spiro atoms. The third kappa shape index (κ3) is 2.60. The van der Waals surface area contributed by atoms with Crippen LogP contribution in [0.15, 0.2) is 24.3 Å². The second-order valence-electron chi connectivity index (χ2n) is 2.52. The number of aliphatic hydroxyl groups is 1. The topological polar surface area (TPSA) is 29.5 Å². The molecule has 0 aliphatic carbocycles. The number of benzene rings is 1. The Kier molecular flexibility index (Phi) is 3.19. The van der Waals surface area contributed by atoms with Gasteiger partial charge in [-0.25, -0.2) is 4.39 Å². The Morgan fingerprint density at radius 3 is 2.92 bits per heavy atom. The summed E-state index contributed by atoms with van der Waals surface area (Å²) in [5, 5.41) is 9.06. The molecule has 1 N–H and O–H groups in total. The van der Waals surface area contributed by atoms with Crippen molar-refractivity contribution in [3.8, 4) is 0 Å². The molecule has 0 saturated carbocycles. The Balaban J connectivity index is 2.63. The molecule has 0 saturated heterocycles. The van der Waals surface area contributed by atoms with Crippen molar-refractivity contribution >= 4 is 0 Å². The number of hydrogen-bond acceptors (Lipinski definition) is 2. The van der Waals surface area contributed by atoms with E-state index < -0.39 is 6.29 Å². The van der Waals surface area contributed by atoms with Crippen LogP contribution in [0.5, 0.6) is 0 Å². The maximum absolute atomic E-state index is 12.6. The number of rotatable bonds is 3. The first-order valence-electron chi connectivity index (χ1n) is 3.67. The largest absolute Gasteiger partial charge is 0.368 e. The van der Waals surface area contributed by atoms with Crippen molar-refractivity contribution < 1.29 is 14.2 Å². The van der Waals surface area contributed by atoms with Gasteiger partial charge in [-0.05, 0) is 17.7 Å². The van der Waals surface area contributed by atoms with Crippen LogP contribution in [-0.4, -0.2) is 18.5 Å². The highest BCUT2D eigenvalue weighted by atomic mass is 19.1. The van der Waals surface area contributed by atoms with Crippen molar-refractivity contribution in [2.75, 3.05) is 7.11 Å². The second kappa shape index (κ2) is 4.18. The summed E-state index contributed by atoms with van der Waals surface area (Å²) >= 11 is 0. The highest BCUT2D eigenvalue weighted by Crippen LogP contribution is 2.06. The Morgan fingerprint density at radius 1 is 1.58 bits per heavy atom. The van der Waals surface area contributed by atoms with Gasteiger partial charge in [-0.15, -0.1) is 0 Å². The number of methoxy groups -OCH3 is 1. The van der Waals surface area contributed by atoms with E-state index in [-0.39, 0.29) is 5.82 Å². The molecular weight excluding hydrogens is 159 g/mol. The predicted molar refractivity (Wildman–Crippen MR) is 43.1 cm³/mol. The molecule has 0 radical (unpaired) electrons. The minimum absolute atomic E-state index is 0.296. The van der Waals surface area contributed by atoms with E-state index in [1.165, 1.54) is 19.2 Å². The van der Waals surface area contributed by atoms with E-state index >= 15 is 0 Å². The average Bonchev–Trinajstić information content (AvgIpc) is 2.04. The van der Waals surface area contributed by atoms with Crippen molar-refractivity contribution in [3.05, 3.63) is 35.6 Å². The van der Waals surface area contributed by atoms with E-state index in [9.17, 15) is 4.39 Å². The summed E-state index contributed by atoms with van der Waals surface area (Å²) < 4.78 is 17.2. The van der Waals surface area contributed by atoms with Crippen molar-refractivity contribution in [2.45, 2.75) is 12.7 Å². The first kappa shape index (κ1) is 9.16. The van der Waals surface area contributed by atoms with Crippen LogP contribution in [0.4, 0.5) is 4.39 Å². The first-order valence-corrected chi connectivity index (χ1v) is 3.67. The van der Waals surface area contributed by atoms with Gasteiger partial charge in [-0.1, -0.05) is 12.1 Å². The molecule has 0 aromatic heterocycles. The summed E-state index contributed by atoms with van der Waals surface area (Å²) in [6.45, 7) is 0. The van der Waals surface area contributed by atoms with Gasteiger partial charge in [0.25, 0.3) is 0 Å². The molecule has 2 nitrogen and oxygen atoms in total. The lowest BCUT2D eigenvalue weighted by molar-refractivity contribution is -0.0720. The van der Waals surface area contributed by atoms with Gasteiger partial charge < -0.3 is 9.84 Å². The molecule has 66 valence electrons. The standard InChI is InChI=1S/C9H11FO2/c1-12-9(11)6-7-3-2-4-8(10)5-7/h2-5,9,11H,6H2,1H3. The van der Waals surface area contributed by atoms with Crippen LogP contribution >= 0.6 is 0 Å². The molecule has 1 unspecified atom stereocenters. The summed E-state index contributed by atoms with van der Waals surface area (Å²) in [6.07, 6.45) is -0.541. The lowest BCUT2D eigenvalue weighted by atomic mass is 10.1. The minimum atomic E-state index is -0.855. The molecule has 1 aromatic rings. The second-order valence-corrected chi connectivity index (χ2v) is 2.52. The van der Waals surface area contributed by atoms with Gasteiger partial charge in [0.05, 0.1) is 0 Å². The van der Waals surface area contributed by atoms with Gasteiger partial charge in [-0.3, -0.25) is 0 Å². The molecule has 0 heterocycles. The summed E-state index contributed by atoms with van der Waals surface area (Å²) in [7, 11) is 1.41. The first-order chi connectivity index (χ1) is 5.72. The van der Waals surface area contributed by atoms with Crippen LogP contribution in [0.2, 0.25) is 0 Å². The molecule has 12 heavy (non-hydrogen) atoms. The molecule has 0 aliphatic heterocycles. The van der Waals surface area contributed by atoms with Gasteiger partial charge in [0.15, 0.2) is 6.29 Å². The number of hydrogen-bond donors (Lipinski definition) is 1. The van der Waals surface area contributed by atoms with Gasteiger partial charge in [0.1, 0.15) is 5.82 Å². The number of aliphatic hydroxyl groups excluding tert-OH is 1. The molecule has 1 rings (SSSR count). The molecule has 0 amide bonds. The lowest BCUT2D eigenvalue weighted by Crippen LogP contribution is -2.12. The summed E-state index contributed by atoms with van der Waals surface area (Å²) in [4.78, 5) is 0. The third-order valence-electron chi connectivity index (χ3n) is 1.57. The normalized spacial score (nSPS) is 12.9.